The molecule has 0 fully saturated rings. The third-order valence-corrected chi connectivity index (χ3v) is 7.97. The van der Waals surface area contributed by atoms with Gasteiger partial charge in [0.15, 0.2) is 10.9 Å². The summed E-state index contributed by atoms with van der Waals surface area (Å²) in [4.78, 5) is 15.5. The zero-order valence-electron chi connectivity index (χ0n) is 21.2. The highest BCUT2D eigenvalue weighted by Crippen LogP contribution is 2.50. The Bertz CT molecular complexity index is 1510. The van der Waals surface area contributed by atoms with Crippen molar-refractivity contribution in [2.75, 3.05) is 11.4 Å². The highest BCUT2D eigenvalue weighted by atomic mass is 35.5. The highest BCUT2D eigenvalue weighted by molar-refractivity contribution is 7.89. The molecule has 0 saturated carbocycles. The minimum Gasteiger partial charge on any atom is -0.363 e. The fraction of sp³-hybridized carbons (Fsp3) is 0.296. The summed E-state index contributed by atoms with van der Waals surface area (Å²) in [5, 5.41) is 22.9. The number of primary sulfonamides is 1. The van der Waals surface area contributed by atoms with E-state index < -0.39 is 15.9 Å². The maximum atomic E-state index is 13.8. The summed E-state index contributed by atoms with van der Waals surface area (Å²) in [6, 6.07) is 15.4. The van der Waals surface area contributed by atoms with Gasteiger partial charge in [0.05, 0.1) is 22.5 Å². The molecule has 38 heavy (non-hydrogen) atoms. The van der Waals surface area contributed by atoms with Crippen LogP contribution in [0.3, 0.4) is 0 Å². The lowest BCUT2D eigenvalue weighted by molar-refractivity contribution is -0.118. The number of ketones is 1. The van der Waals surface area contributed by atoms with Gasteiger partial charge in [-0.25, -0.2) is 13.6 Å². The summed E-state index contributed by atoms with van der Waals surface area (Å²) < 4.78 is 23.8. The molecule has 2 aromatic carbocycles. The van der Waals surface area contributed by atoms with E-state index in [1.54, 1.807) is 29.2 Å². The summed E-state index contributed by atoms with van der Waals surface area (Å²) in [7, 11) is -3.91. The number of nitrogens with one attached hydrogen (secondary N) is 2. The van der Waals surface area contributed by atoms with Gasteiger partial charge in [0.25, 0.3) is 0 Å². The first-order chi connectivity index (χ1) is 17.9. The van der Waals surface area contributed by atoms with Crippen molar-refractivity contribution in [1.82, 2.24) is 10.6 Å². The maximum Gasteiger partial charge on any atom is 0.238 e. The second-order valence-electron chi connectivity index (χ2n) is 10.0. The lowest BCUT2D eigenvalue weighted by Gasteiger charge is -2.44. The number of carbonyl (C=O) groups excluding carboxylic acids is 1. The molecule has 1 aliphatic carbocycles. The van der Waals surface area contributed by atoms with Crippen molar-refractivity contribution in [2.24, 2.45) is 10.6 Å². The summed E-state index contributed by atoms with van der Waals surface area (Å²) in [5.41, 5.74) is 2.50. The number of hydrogen-bond donors (Lipinski definition) is 3. The number of benzene rings is 2. The molecule has 1 unspecified atom stereocenters. The molecule has 1 atom stereocenters. The number of carbonyl (C=O) groups is 1. The maximum absolute atomic E-state index is 13.8. The molecule has 2 aromatic rings. The first-order valence-corrected chi connectivity index (χ1v) is 14.3. The van der Waals surface area contributed by atoms with Gasteiger partial charge in [-0.1, -0.05) is 37.6 Å². The van der Waals surface area contributed by atoms with Crippen molar-refractivity contribution in [3.63, 3.8) is 0 Å². The molecule has 1 aliphatic heterocycles. The Labute approximate surface area is 233 Å². The number of halogens is 1. The molecule has 1 heterocycles. The Morgan fingerprint density at radius 3 is 2.37 bits per heavy atom. The van der Waals surface area contributed by atoms with Crippen LogP contribution in [0.4, 0.5) is 5.69 Å². The number of nitrogens with zero attached hydrogens (tertiary/aromatic N) is 2. The van der Waals surface area contributed by atoms with E-state index in [1.807, 2.05) is 32.9 Å². The van der Waals surface area contributed by atoms with E-state index in [9.17, 15) is 18.5 Å². The first kappa shape index (κ1) is 27.8. The van der Waals surface area contributed by atoms with E-state index in [0.717, 1.165) is 11.3 Å². The Kier molecular flexibility index (Phi) is 7.68. The van der Waals surface area contributed by atoms with Gasteiger partial charge in [-0.15, -0.1) is 0 Å². The molecular weight excluding hydrogens is 542 g/mol. The molecule has 0 saturated heterocycles. The molecule has 198 valence electrons. The molecular formula is C27H28ClN5O3S2. The highest BCUT2D eigenvalue weighted by Gasteiger charge is 2.45. The molecule has 0 amide bonds. The van der Waals surface area contributed by atoms with E-state index in [1.165, 1.54) is 12.1 Å². The number of hydrogen-bond acceptors (Lipinski definition) is 6. The van der Waals surface area contributed by atoms with E-state index in [2.05, 4.69) is 16.7 Å². The Hall–Kier alpha value is -3.23. The van der Waals surface area contributed by atoms with Crippen LogP contribution in [0.15, 0.2) is 76.1 Å². The van der Waals surface area contributed by atoms with E-state index in [4.69, 9.17) is 29.0 Å². The number of nitriles is 1. The monoisotopic (exact) mass is 569 g/mol. The summed E-state index contributed by atoms with van der Waals surface area (Å²) in [6.45, 7) is 6.50. The van der Waals surface area contributed by atoms with Gasteiger partial charge in [-0.05, 0) is 72.9 Å². The molecule has 11 heteroatoms. The summed E-state index contributed by atoms with van der Waals surface area (Å²) in [6.07, 6.45) is 0.859. The summed E-state index contributed by atoms with van der Waals surface area (Å²) in [5.74, 6) is -0.294. The fourth-order valence-electron chi connectivity index (χ4n) is 4.98. The van der Waals surface area contributed by atoms with Crippen LogP contribution in [-0.4, -0.2) is 25.9 Å². The van der Waals surface area contributed by atoms with Crippen LogP contribution in [0.25, 0.3) is 0 Å². The van der Waals surface area contributed by atoms with Gasteiger partial charge in [-0.2, -0.15) is 5.26 Å². The van der Waals surface area contributed by atoms with Crippen LogP contribution in [-0.2, 0) is 14.8 Å². The van der Waals surface area contributed by atoms with Crippen molar-refractivity contribution in [2.45, 2.75) is 44.4 Å². The SMILES string of the molecule is CCNC(=S)NC1=C(C#N)C(c2ccc(Cl)cc2)C2=C(CC(C)(C)CC2=O)N1c1ccc(S(N)(=O)=O)cc1. The number of allylic oxidation sites excluding steroid dienone is 3. The number of nitrogens with two attached hydrogens (primary N) is 1. The lowest BCUT2D eigenvalue weighted by atomic mass is 9.68. The average Bonchev–Trinajstić information content (AvgIpc) is 2.83. The van der Waals surface area contributed by atoms with Crippen LogP contribution in [0.5, 0.6) is 0 Å². The first-order valence-electron chi connectivity index (χ1n) is 12.0. The minimum atomic E-state index is -3.91. The topological polar surface area (TPSA) is 128 Å². The van der Waals surface area contributed by atoms with Crippen molar-refractivity contribution in [1.29, 1.82) is 5.26 Å². The smallest absolute Gasteiger partial charge is 0.238 e. The zero-order chi connectivity index (χ0) is 27.8. The van der Waals surface area contributed by atoms with Crippen molar-refractivity contribution in [3.05, 3.63) is 81.8 Å². The average molecular weight is 570 g/mol. The Balaban J connectivity index is 2.02. The van der Waals surface area contributed by atoms with Crippen LogP contribution in [0.2, 0.25) is 5.02 Å². The van der Waals surface area contributed by atoms with Crippen LogP contribution < -0.4 is 20.7 Å². The number of anilines is 1. The van der Waals surface area contributed by atoms with Gasteiger partial charge in [0, 0.05) is 34.9 Å². The zero-order valence-corrected chi connectivity index (χ0v) is 23.6. The van der Waals surface area contributed by atoms with Crippen molar-refractivity contribution in [3.8, 4) is 6.07 Å². The number of Topliss-reactive ketones (excluding diaryl/α,β-unsaturated/α-hetero) is 1. The lowest BCUT2D eigenvalue weighted by Crippen LogP contribution is -2.47. The summed E-state index contributed by atoms with van der Waals surface area (Å²) >= 11 is 11.7. The third kappa shape index (κ3) is 5.47. The van der Waals surface area contributed by atoms with Crippen LogP contribution in [0.1, 0.15) is 45.1 Å². The molecule has 0 spiro atoms. The van der Waals surface area contributed by atoms with Gasteiger partial charge >= 0.3 is 0 Å². The van der Waals surface area contributed by atoms with Crippen LogP contribution >= 0.6 is 23.8 Å². The largest absolute Gasteiger partial charge is 0.363 e. The second kappa shape index (κ2) is 10.5. The molecule has 0 radical (unpaired) electrons. The fourth-order valence-corrected chi connectivity index (χ4v) is 5.86. The van der Waals surface area contributed by atoms with Gasteiger partial charge in [0.1, 0.15) is 5.82 Å². The van der Waals surface area contributed by atoms with Gasteiger partial charge < -0.3 is 10.6 Å². The Morgan fingerprint density at radius 1 is 1.18 bits per heavy atom. The van der Waals surface area contributed by atoms with Crippen LogP contribution in [0, 0.1) is 16.7 Å². The van der Waals surface area contributed by atoms with E-state index >= 15 is 0 Å². The normalized spacial score (nSPS) is 19.1. The number of sulfonamides is 1. The quantitative estimate of drug-likeness (QED) is 0.450. The number of thiocarbonyl (C=S) groups is 1. The van der Waals surface area contributed by atoms with Crippen molar-refractivity contribution >= 4 is 50.4 Å². The standard InChI is InChI=1S/C27H28ClN5O3S2/c1-4-31-26(37)32-25-20(15-29)23(16-5-7-17(28)8-6-16)24-21(13-27(2,3)14-22(24)34)33(25)18-9-11-19(12-10-18)38(30,35)36/h5-12,23H,4,13-14H2,1-3H3,(H2,30,35,36)(H2,31,32,37). The van der Waals surface area contributed by atoms with Gasteiger partial charge in [-0.3, -0.25) is 9.69 Å². The molecule has 2 aliphatic rings. The van der Waals surface area contributed by atoms with Gasteiger partial charge in [0.2, 0.25) is 10.0 Å². The minimum absolute atomic E-state index is 0.0475. The molecule has 4 N–H and O–H groups in total. The third-order valence-electron chi connectivity index (χ3n) is 6.54. The predicted octanol–water partition coefficient (Wildman–Crippen LogP) is 4.45. The van der Waals surface area contributed by atoms with E-state index in [-0.39, 0.29) is 16.1 Å². The Morgan fingerprint density at radius 2 is 1.82 bits per heavy atom. The molecule has 4 rings (SSSR count). The molecule has 0 bridgehead atoms. The number of rotatable bonds is 5. The predicted molar refractivity (Wildman–Crippen MR) is 152 cm³/mol. The van der Waals surface area contributed by atoms with E-state index in [0.29, 0.717) is 52.2 Å². The van der Waals surface area contributed by atoms with Crippen molar-refractivity contribution < 1.29 is 13.2 Å². The second-order valence-corrected chi connectivity index (χ2v) is 12.4. The molecule has 8 nitrogen and oxygen atoms in total. The molecule has 0 aromatic heterocycles.